The Bertz CT molecular complexity index is 697. The Morgan fingerprint density at radius 2 is 0.700 bits per heavy atom. The minimum atomic E-state index is -3.77. The zero-order chi connectivity index (χ0) is 22.8. The molecule has 0 aromatic rings. The lowest BCUT2D eigenvalue weighted by Crippen LogP contribution is -2.60. The molecular formula is C18H39N3O6S3. The molecule has 1 fully saturated rings. The highest BCUT2D eigenvalue weighted by atomic mass is 32.2. The quantitative estimate of drug-likeness (QED) is 0.326. The van der Waals surface area contributed by atoms with Crippen molar-refractivity contribution in [1.29, 1.82) is 0 Å². The lowest BCUT2D eigenvalue weighted by molar-refractivity contribution is 0.127. The Hall–Kier alpha value is -0.270. The lowest BCUT2D eigenvalue weighted by Gasteiger charge is -2.40. The second kappa shape index (κ2) is 12.7. The van der Waals surface area contributed by atoms with Crippen molar-refractivity contribution in [2.24, 2.45) is 0 Å². The van der Waals surface area contributed by atoms with Crippen LogP contribution in [0.5, 0.6) is 0 Å². The predicted octanol–water partition coefficient (Wildman–Crippen LogP) is 2.34. The fourth-order valence-electron chi connectivity index (χ4n) is 3.18. The molecule has 0 bridgehead atoms. The second-order valence-corrected chi connectivity index (χ2v) is 14.1. The number of unbranched alkanes of at least 4 members (excludes halogenated alkanes) is 6. The van der Waals surface area contributed by atoms with Crippen LogP contribution in [0.15, 0.2) is 0 Å². The molecule has 30 heavy (non-hydrogen) atoms. The smallest absolute Gasteiger partial charge is 0.212 e. The fourth-order valence-corrected chi connectivity index (χ4v) is 7.77. The molecule has 0 aromatic carbocycles. The van der Waals surface area contributed by atoms with Gasteiger partial charge >= 0.3 is 0 Å². The van der Waals surface area contributed by atoms with Crippen LogP contribution in [0.1, 0.15) is 78.6 Å². The SMILES string of the molecule is CCCCCS(=O)(=O)N1CN(S(=O)(=O)CCCCC)CN(S(=O)(=O)CCCCC)C1. The molecule has 0 atom stereocenters. The molecular weight excluding hydrogens is 450 g/mol. The van der Waals surface area contributed by atoms with Crippen LogP contribution in [0, 0.1) is 0 Å². The van der Waals surface area contributed by atoms with Crippen LogP contribution in [0.4, 0.5) is 0 Å². The van der Waals surface area contributed by atoms with Crippen molar-refractivity contribution in [2.75, 3.05) is 37.3 Å². The van der Waals surface area contributed by atoms with Gasteiger partial charge < -0.3 is 0 Å². The lowest BCUT2D eigenvalue weighted by atomic mass is 10.3. The molecule has 0 radical (unpaired) electrons. The van der Waals surface area contributed by atoms with E-state index in [1.807, 2.05) is 20.8 Å². The highest BCUT2D eigenvalue weighted by Crippen LogP contribution is 2.21. The Morgan fingerprint density at radius 1 is 0.467 bits per heavy atom. The van der Waals surface area contributed by atoms with Crippen LogP contribution in [0.25, 0.3) is 0 Å². The van der Waals surface area contributed by atoms with E-state index >= 15 is 0 Å². The number of hydrogen-bond donors (Lipinski definition) is 0. The molecule has 0 aliphatic carbocycles. The average molecular weight is 490 g/mol. The molecule has 0 spiro atoms. The monoisotopic (exact) mass is 489 g/mol. The summed E-state index contributed by atoms with van der Waals surface area (Å²) in [6, 6.07) is 0. The first kappa shape index (κ1) is 27.8. The van der Waals surface area contributed by atoms with E-state index in [1.165, 1.54) is 0 Å². The number of sulfonamides is 3. The van der Waals surface area contributed by atoms with E-state index in [0.29, 0.717) is 19.3 Å². The molecule has 0 unspecified atom stereocenters. The molecule has 1 aliphatic rings. The van der Waals surface area contributed by atoms with E-state index in [9.17, 15) is 25.3 Å². The summed E-state index contributed by atoms with van der Waals surface area (Å²) in [6.45, 7) is 4.89. The minimum Gasteiger partial charge on any atom is -0.212 e. The van der Waals surface area contributed by atoms with Crippen LogP contribution >= 0.6 is 0 Å². The molecule has 1 aliphatic heterocycles. The third-order valence-corrected chi connectivity index (χ3v) is 10.6. The first-order valence-corrected chi connectivity index (χ1v) is 15.8. The number of hydrogen-bond acceptors (Lipinski definition) is 6. The maximum absolute atomic E-state index is 12.8. The van der Waals surface area contributed by atoms with Gasteiger partial charge in [-0.05, 0) is 19.3 Å². The van der Waals surface area contributed by atoms with Gasteiger partial charge in [-0.2, -0.15) is 12.9 Å². The van der Waals surface area contributed by atoms with Crippen LogP contribution in [0.3, 0.4) is 0 Å². The molecule has 180 valence electrons. The molecule has 12 heteroatoms. The third-order valence-electron chi connectivity index (χ3n) is 5.14. The van der Waals surface area contributed by atoms with Crippen LogP contribution in [0.2, 0.25) is 0 Å². The van der Waals surface area contributed by atoms with E-state index in [2.05, 4.69) is 0 Å². The third kappa shape index (κ3) is 8.70. The van der Waals surface area contributed by atoms with E-state index < -0.39 is 30.1 Å². The van der Waals surface area contributed by atoms with Gasteiger partial charge in [0.2, 0.25) is 30.1 Å². The molecule has 0 amide bonds. The van der Waals surface area contributed by atoms with Crippen molar-refractivity contribution in [3.05, 3.63) is 0 Å². The Morgan fingerprint density at radius 3 is 0.900 bits per heavy atom. The second-order valence-electron chi connectivity index (χ2n) is 7.85. The first-order valence-electron chi connectivity index (χ1n) is 10.9. The van der Waals surface area contributed by atoms with E-state index in [1.54, 1.807) is 0 Å². The van der Waals surface area contributed by atoms with Gasteiger partial charge in [-0.3, -0.25) is 0 Å². The van der Waals surface area contributed by atoms with Crippen molar-refractivity contribution >= 4 is 30.1 Å². The molecule has 0 N–H and O–H groups in total. The maximum atomic E-state index is 12.8. The summed E-state index contributed by atoms with van der Waals surface area (Å²) in [4.78, 5) is 0. The summed E-state index contributed by atoms with van der Waals surface area (Å²) in [5.74, 6) is -0.350. The van der Waals surface area contributed by atoms with Gasteiger partial charge in [-0.1, -0.05) is 59.3 Å². The van der Waals surface area contributed by atoms with Crippen molar-refractivity contribution in [2.45, 2.75) is 78.6 Å². The Balaban J connectivity index is 3.09. The fraction of sp³-hybridized carbons (Fsp3) is 1.00. The predicted molar refractivity (Wildman–Crippen MR) is 120 cm³/mol. The van der Waals surface area contributed by atoms with Gasteiger partial charge in [0, 0.05) is 0 Å². The molecule has 1 heterocycles. The van der Waals surface area contributed by atoms with Gasteiger partial charge in [0.25, 0.3) is 0 Å². The normalized spacial score (nSPS) is 18.1. The minimum absolute atomic E-state index is 0.117. The van der Waals surface area contributed by atoms with Gasteiger partial charge in [-0.25, -0.2) is 25.3 Å². The van der Waals surface area contributed by atoms with E-state index in [0.717, 1.165) is 51.4 Å². The van der Waals surface area contributed by atoms with Crippen molar-refractivity contribution in [1.82, 2.24) is 12.9 Å². The van der Waals surface area contributed by atoms with Crippen LogP contribution < -0.4 is 0 Å². The highest BCUT2D eigenvalue weighted by molar-refractivity contribution is 7.90. The number of nitrogens with zero attached hydrogens (tertiary/aromatic N) is 3. The summed E-state index contributed by atoms with van der Waals surface area (Å²) in [5.41, 5.74) is 0. The van der Waals surface area contributed by atoms with E-state index in [-0.39, 0.29) is 37.3 Å². The van der Waals surface area contributed by atoms with Crippen LogP contribution in [-0.4, -0.2) is 75.4 Å². The Kier molecular flexibility index (Phi) is 11.7. The van der Waals surface area contributed by atoms with Gasteiger partial charge in [0.05, 0.1) is 37.3 Å². The summed E-state index contributed by atoms with van der Waals surface area (Å²) in [7, 11) is -11.3. The molecule has 0 saturated carbocycles. The van der Waals surface area contributed by atoms with Crippen LogP contribution in [-0.2, 0) is 30.1 Å². The van der Waals surface area contributed by atoms with Crippen molar-refractivity contribution < 1.29 is 25.3 Å². The molecule has 1 saturated heterocycles. The summed E-state index contributed by atoms with van der Waals surface area (Å²) >= 11 is 0. The summed E-state index contributed by atoms with van der Waals surface area (Å²) < 4.78 is 79.9. The topological polar surface area (TPSA) is 112 Å². The Labute approximate surface area is 183 Å². The highest BCUT2D eigenvalue weighted by Gasteiger charge is 2.40. The van der Waals surface area contributed by atoms with E-state index in [4.69, 9.17) is 0 Å². The zero-order valence-electron chi connectivity index (χ0n) is 18.6. The van der Waals surface area contributed by atoms with Gasteiger partial charge in [-0.15, -0.1) is 0 Å². The standard InChI is InChI=1S/C18H39N3O6S3/c1-4-7-10-13-28(22,23)19-16-20(29(24,25)14-11-8-5-2)18-21(17-19)30(26,27)15-12-9-6-3/h4-18H2,1-3H3. The van der Waals surface area contributed by atoms with Gasteiger partial charge in [0.15, 0.2) is 0 Å². The van der Waals surface area contributed by atoms with Crippen molar-refractivity contribution in [3.63, 3.8) is 0 Å². The first-order chi connectivity index (χ1) is 14.0. The molecule has 0 aromatic heterocycles. The molecule has 9 nitrogen and oxygen atoms in total. The number of rotatable bonds is 15. The summed E-state index contributed by atoms with van der Waals surface area (Å²) in [6.07, 6.45) is 6.16. The molecule has 1 rings (SSSR count). The van der Waals surface area contributed by atoms with Gasteiger partial charge in [0.1, 0.15) is 0 Å². The summed E-state index contributed by atoms with van der Waals surface area (Å²) in [5, 5.41) is 0. The average Bonchev–Trinajstić information content (AvgIpc) is 2.68. The van der Waals surface area contributed by atoms with Crippen molar-refractivity contribution in [3.8, 4) is 0 Å². The maximum Gasteiger partial charge on any atom is 0.216 e. The zero-order valence-corrected chi connectivity index (χ0v) is 21.1. The largest absolute Gasteiger partial charge is 0.216 e.